The number of esters is 1. The van der Waals surface area contributed by atoms with Crippen LogP contribution in [0, 0.1) is 0 Å². The van der Waals surface area contributed by atoms with Gasteiger partial charge >= 0.3 is 5.97 Å². The maximum Gasteiger partial charge on any atom is 0.320 e. The third kappa shape index (κ3) is 7.06. The van der Waals surface area contributed by atoms with Crippen LogP contribution in [0.2, 0.25) is 0 Å². The van der Waals surface area contributed by atoms with Gasteiger partial charge in [-0.15, -0.1) is 6.58 Å². The summed E-state index contributed by atoms with van der Waals surface area (Å²) in [6.07, 6.45) is 1.96. The smallest absolute Gasteiger partial charge is 0.320 e. The third-order valence-electron chi connectivity index (χ3n) is 7.81. The molecule has 2 aromatic carbocycles. The van der Waals surface area contributed by atoms with Crippen molar-refractivity contribution in [2.75, 3.05) is 59.0 Å². The Morgan fingerprint density at radius 2 is 1.72 bits per heavy atom. The minimum atomic E-state index is -0.225. The second-order valence-corrected chi connectivity index (χ2v) is 10.6. The van der Waals surface area contributed by atoms with Gasteiger partial charge < -0.3 is 14.7 Å². The average Bonchev–Trinajstić information content (AvgIpc) is 2.92. The van der Waals surface area contributed by atoms with E-state index in [9.17, 15) is 14.7 Å². The number of nitrogens with zero attached hydrogens (tertiary/aromatic N) is 4. The first kappa shape index (κ1) is 28.8. The number of ether oxygens (including phenoxy) is 1. The highest BCUT2D eigenvalue weighted by atomic mass is 16.5. The SMILES string of the molecule is C=CCN1C[C@H](C)N([C@@H](c2cccc(O)c2)c2cccc(C(=O)N3CCN(CC(=O)OCC)CC3)c2)C[C@H]1C. The summed E-state index contributed by atoms with van der Waals surface area (Å²) in [5.74, 6) is 0.00719. The number of carbonyl (C=O) groups is 2. The Balaban J connectivity index is 1.55. The van der Waals surface area contributed by atoms with Crippen LogP contribution in [-0.2, 0) is 9.53 Å². The van der Waals surface area contributed by atoms with E-state index < -0.39 is 0 Å². The van der Waals surface area contributed by atoms with Crippen molar-refractivity contribution in [1.29, 1.82) is 0 Å². The summed E-state index contributed by atoms with van der Waals surface area (Å²) in [5.41, 5.74) is 2.69. The molecule has 2 aromatic rings. The lowest BCUT2D eigenvalue weighted by Gasteiger charge is -2.47. The van der Waals surface area contributed by atoms with E-state index in [0.29, 0.717) is 44.4 Å². The lowest BCUT2D eigenvalue weighted by molar-refractivity contribution is -0.144. The molecule has 2 saturated heterocycles. The molecule has 4 rings (SSSR count). The van der Waals surface area contributed by atoms with Gasteiger partial charge in [-0.25, -0.2) is 0 Å². The van der Waals surface area contributed by atoms with Crippen LogP contribution >= 0.6 is 0 Å². The van der Waals surface area contributed by atoms with Gasteiger partial charge in [0.05, 0.1) is 19.2 Å². The molecule has 0 bridgehead atoms. The molecule has 0 spiro atoms. The molecule has 2 heterocycles. The van der Waals surface area contributed by atoms with Gasteiger partial charge in [-0.2, -0.15) is 0 Å². The van der Waals surface area contributed by atoms with Crippen LogP contribution in [-0.4, -0.2) is 108 Å². The van der Waals surface area contributed by atoms with Crippen LogP contribution in [0.3, 0.4) is 0 Å². The standard InChI is InChI=1S/C31H42N4O4/c1-5-13-34-20-24(4)35(21-23(34)3)30(26-10-8-12-28(36)19-26)25-9-7-11-27(18-25)31(38)33-16-14-32(15-17-33)22-29(37)39-6-2/h5,7-12,18-19,23-24,30,36H,1,6,13-17,20-22H2,2-4H3/t23-,24+,30-/m1/s1. The highest BCUT2D eigenvalue weighted by Gasteiger charge is 2.35. The van der Waals surface area contributed by atoms with Gasteiger partial charge in [-0.3, -0.25) is 24.3 Å². The predicted octanol–water partition coefficient (Wildman–Crippen LogP) is 3.38. The van der Waals surface area contributed by atoms with E-state index in [0.717, 1.165) is 30.8 Å². The Morgan fingerprint density at radius 1 is 1.03 bits per heavy atom. The molecule has 2 fully saturated rings. The minimum Gasteiger partial charge on any atom is -0.508 e. The van der Waals surface area contributed by atoms with E-state index in [-0.39, 0.29) is 36.3 Å². The summed E-state index contributed by atoms with van der Waals surface area (Å²) in [7, 11) is 0. The molecule has 0 aromatic heterocycles. The van der Waals surface area contributed by atoms with Crippen molar-refractivity contribution in [1.82, 2.24) is 19.6 Å². The van der Waals surface area contributed by atoms with Crippen molar-refractivity contribution in [3.8, 4) is 5.75 Å². The summed E-state index contributed by atoms with van der Waals surface area (Å²) in [6, 6.07) is 15.9. The maximum absolute atomic E-state index is 13.6. The summed E-state index contributed by atoms with van der Waals surface area (Å²) in [4.78, 5) is 34.2. The fraction of sp³-hybridized carbons (Fsp3) is 0.484. The molecule has 0 unspecified atom stereocenters. The molecule has 2 aliphatic heterocycles. The Bertz CT molecular complexity index is 1150. The normalized spacial score (nSPS) is 21.9. The summed E-state index contributed by atoms with van der Waals surface area (Å²) < 4.78 is 5.06. The van der Waals surface area contributed by atoms with Gasteiger partial charge in [0, 0.05) is 63.5 Å². The van der Waals surface area contributed by atoms with Crippen molar-refractivity contribution >= 4 is 11.9 Å². The van der Waals surface area contributed by atoms with Crippen LogP contribution in [0.15, 0.2) is 61.2 Å². The molecule has 39 heavy (non-hydrogen) atoms. The summed E-state index contributed by atoms with van der Waals surface area (Å²) in [6.45, 7) is 15.9. The van der Waals surface area contributed by atoms with E-state index in [2.05, 4.69) is 42.4 Å². The predicted molar refractivity (Wildman–Crippen MR) is 153 cm³/mol. The Hall–Kier alpha value is -3.20. The lowest BCUT2D eigenvalue weighted by atomic mass is 9.92. The molecule has 1 amide bonds. The van der Waals surface area contributed by atoms with Crippen LogP contribution in [0.25, 0.3) is 0 Å². The monoisotopic (exact) mass is 534 g/mol. The molecular weight excluding hydrogens is 492 g/mol. The number of aromatic hydroxyl groups is 1. The number of phenols is 1. The van der Waals surface area contributed by atoms with Gasteiger partial charge in [0.25, 0.3) is 5.91 Å². The van der Waals surface area contributed by atoms with Gasteiger partial charge in [0.15, 0.2) is 0 Å². The van der Waals surface area contributed by atoms with E-state index in [1.807, 2.05) is 46.2 Å². The van der Waals surface area contributed by atoms with Crippen molar-refractivity contribution in [3.05, 3.63) is 77.9 Å². The van der Waals surface area contributed by atoms with Crippen LogP contribution in [0.4, 0.5) is 0 Å². The number of phenolic OH excluding ortho intramolecular Hbond substituents is 1. The van der Waals surface area contributed by atoms with Gasteiger partial charge in [-0.05, 0) is 56.2 Å². The molecule has 1 N–H and O–H groups in total. The van der Waals surface area contributed by atoms with Crippen LogP contribution < -0.4 is 0 Å². The molecule has 8 nitrogen and oxygen atoms in total. The number of carbonyl (C=O) groups excluding carboxylic acids is 2. The van der Waals surface area contributed by atoms with Crippen molar-refractivity contribution in [3.63, 3.8) is 0 Å². The number of piperazine rings is 2. The average molecular weight is 535 g/mol. The van der Waals surface area contributed by atoms with Crippen LogP contribution in [0.5, 0.6) is 5.75 Å². The van der Waals surface area contributed by atoms with E-state index in [1.54, 1.807) is 13.0 Å². The molecule has 0 saturated carbocycles. The van der Waals surface area contributed by atoms with E-state index in [4.69, 9.17) is 4.74 Å². The topological polar surface area (TPSA) is 76.6 Å². The summed E-state index contributed by atoms with van der Waals surface area (Å²) >= 11 is 0. The molecule has 0 aliphatic carbocycles. The molecule has 3 atom stereocenters. The fourth-order valence-electron chi connectivity index (χ4n) is 5.80. The number of hydrogen-bond acceptors (Lipinski definition) is 7. The second kappa shape index (κ2) is 13.2. The van der Waals surface area contributed by atoms with Gasteiger partial charge in [-0.1, -0.05) is 30.3 Å². The first-order valence-electron chi connectivity index (χ1n) is 14.0. The first-order valence-corrected chi connectivity index (χ1v) is 14.0. The quantitative estimate of drug-likeness (QED) is 0.390. The highest BCUT2D eigenvalue weighted by Crippen LogP contribution is 2.35. The largest absolute Gasteiger partial charge is 0.508 e. The van der Waals surface area contributed by atoms with Crippen LogP contribution in [0.1, 0.15) is 48.3 Å². The molecule has 0 radical (unpaired) electrons. The lowest BCUT2D eigenvalue weighted by Crippen LogP contribution is -2.57. The first-order chi connectivity index (χ1) is 18.8. The third-order valence-corrected chi connectivity index (χ3v) is 7.81. The van der Waals surface area contributed by atoms with Crippen molar-refractivity contribution in [2.45, 2.75) is 38.9 Å². The Labute approximate surface area is 232 Å². The maximum atomic E-state index is 13.6. The molecule has 210 valence electrons. The molecule has 8 heteroatoms. The van der Waals surface area contributed by atoms with Gasteiger partial charge in [0.1, 0.15) is 5.75 Å². The van der Waals surface area contributed by atoms with Crippen molar-refractivity contribution < 1.29 is 19.4 Å². The van der Waals surface area contributed by atoms with E-state index in [1.165, 1.54) is 0 Å². The number of hydrogen-bond donors (Lipinski definition) is 1. The molecular formula is C31H42N4O4. The van der Waals surface area contributed by atoms with E-state index >= 15 is 0 Å². The highest BCUT2D eigenvalue weighted by molar-refractivity contribution is 5.94. The zero-order valence-corrected chi connectivity index (χ0v) is 23.5. The number of amides is 1. The zero-order valence-electron chi connectivity index (χ0n) is 23.5. The fourth-order valence-corrected chi connectivity index (χ4v) is 5.80. The second-order valence-electron chi connectivity index (χ2n) is 10.6. The van der Waals surface area contributed by atoms with Crippen molar-refractivity contribution in [2.24, 2.45) is 0 Å². The molecule has 2 aliphatic rings. The zero-order chi connectivity index (χ0) is 27.9. The summed E-state index contributed by atoms with van der Waals surface area (Å²) in [5, 5.41) is 10.3. The Morgan fingerprint density at radius 3 is 2.38 bits per heavy atom. The number of rotatable bonds is 9. The number of benzene rings is 2. The van der Waals surface area contributed by atoms with Gasteiger partial charge in [0.2, 0.25) is 0 Å². The minimum absolute atomic E-state index is 0.000451. The Kier molecular flexibility index (Phi) is 9.78.